The van der Waals surface area contributed by atoms with Crippen LogP contribution in [0.1, 0.15) is 30.9 Å². The zero-order valence-electron chi connectivity index (χ0n) is 12.8. The van der Waals surface area contributed by atoms with Gasteiger partial charge in [-0.25, -0.2) is 0 Å². The fourth-order valence-electron chi connectivity index (χ4n) is 3.47. The number of nitrogens with zero attached hydrogens (tertiary/aromatic N) is 3. The van der Waals surface area contributed by atoms with Crippen LogP contribution in [-0.4, -0.2) is 59.5 Å². The van der Waals surface area contributed by atoms with Crippen LogP contribution in [0.15, 0.2) is 12.3 Å². The number of ether oxygens (including phenoxy) is 1. The molecule has 3 rings (SSSR count). The molecule has 1 amide bonds. The van der Waals surface area contributed by atoms with Crippen molar-refractivity contribution in [1.82, 2.24) is 20.0 Å². The number of nitrogens with one attached hydrogen (secondary N) is 1. The van der Waals surface area contributed by atoms with Gasteiger partial charge in [-0.1, -0.05) is 0 Å². The number of amides is 1. The molecule has 21 heavy (non-hydrogen) atoms. The van der Waals surface area contributed by atoms with E-state index < -0.39 is 0 Å². The first kappa shape index (κ1) is 14.5. The summed E-state index contributed by atoms with van der Waals surface area (Å²) in [5.41, 5.74) is 1.28. The molecule has 6 nitrogen and oxygen atoms in total. The largest absolute Gasteiger partial charge is 0.380 e. The Morgan fingerprint density at radius 1 is 1.43 bits per heavy atom. The van der Waals surface area contributed by atoms with Crippen LogP contribution < -0.4 is 5.32 Å². The van der Waals surface area contributed by atoms with Crippen LogP contribution in [-0.2, 0) is 16.6 Å². The number of rotatable bonds is 3. The predicted molar refractivity (Wildman–Crippen MR) is 79.0 cm³/mol. The third kappa shape index (κ3) is 2.96. The highest BCUT2D eigenvalue weighted by Crippen LogP contribution is 2.28. The number of carbonyl (C=O) groups is 1. The summed E-state index contributed by atoms with van der Waals surface area (Å²) >= 11 is 0. The molecule has 1 N–H and O–H groups in total. The molecule has 3 heterocycles. The van der Waals surface area contributed by atoms with Gasteiger partial charge in [0.2, 0.25) is 5.91 Å². The number of carbonyl (C=O) groups excluding carboxylic acids is 1. The summed E-state index contributed by atoms with van der Waals surface area (Å²) in [7, 11) is 3.69. The second-order valence-corrected chi connectivity index (χ2v) is 6.03. The lowest BCUT2D eigenvalue weighted by molar-refractivity contribution is -0.134. The number of hydrogen-bond donors (Lipinski definition) is 1. The van der Waals surface area contributed by atoms with Crippen molar-refractivity contribution in [3.63, 3.8) is 0 Å². The summed E-state index contributed by atoms with van der Waals surface area (Å²) in [6.07, 6.45) is 4.85. The van der Waals surface area contributed by atoms with Crippen molar-refractivity contribution in [1.29, 1.82) is 0 Å². The molecule has 2 saturated heterocycles. The molecule has 0 spiro atoms. The molecule has 0 bridgehead atoms. The van der Waals surface area contributed by atoms with Crippen LogP contribution in [0.4, 0.5) is 0 Å². The second kappa shape index (κ2) is 6.15. The zero-order chi connectivity index (χ0) is 14.8. The van der Waals surface area contributed by atoms with Gasteiger partial charge in [-0.3, -0.25) is 9.48 Å². The average Bonchev–Trinajstić information content (AvgIpc) is 3.15. The molecular weight excluding hydrogens is 268 g/mol. The fraction of sp³-hybridized carbons (Fsp3) is 0.733. The van der Waals surface area contributed by atoms with Crippen molar-refractivity contribution in [2.24, 2.45) is 7.05 Å². The Labute approximate surface area is 125 Å². The summed E-state index contributed by atoms with van der Waals surface area (Å²) in [5, 5.41) is 7.51. The molecule has 6 heteroatoms. The van der Waals surface area contributed by atoms with Crippen LogP contribution in [0.25, 0.3) is 0 Å². The second-order valence-electron chi connectivity index (χ2n) is 6.03. The van der Waals surface area contributed by atoms with Crippen molar-refractivity contribution in [3.05, 3.63) is 18.0 Å². The lowest BCUT2D eigenvalue weighted by Gasteiger charge is -2.33. The summed E-state index contributed by atoms with van der Waals surface area (Å²) < 4.78 is 7.26. The van der Waals surface area contributed by atoms with Crippen molar-refractivity contribution >= 4 is 5.91 Å². The summed E-state index contributed by atoms with van der Waals surface area (Å²) in [6, 6.07) is 2.02. The standard InChI is InChI=1S/C15H24N4O2/c1-18-14(3-6-17-18)11-4-7-19(8-5-11)15(20)13-9-12(21-2)10-16-13/h3,6,11-13,16H,4-5,7-10H2,1-2H3/t12-,13-/m0/s1. The number of piperidine rings is 1. The van der Waals surface area contributed by atoms with Crippen molar-refractivity contribution in [2.45, 2.75) is 37.3 Å². The SMILES string of the molecule is CO[C@@H]1CN[C@H](C(=O)N2CCC(c3ccnn3C)CC2)C1. The molecule has 116 valence electrons. The third-order valence-electron chi connectivity index (χ3n) is 4.81. The van der Waals surface area contributed by atoms with E-state index in [2.05, 4.69) is 16.5 Å². The molecule has 2 aliphatic heterocycles. The van der Waals surface area contributed by atoms with Crippen LogP contribution >= 0.6 is 0 Å². The van der Waals surface area contributed by atoms with Gasteiger partial charge in [0.25, 0.3) is 0 Å². The van der Waals surface area contributed by atoms with Gasteiger partial charge in [0.05, 0.1) is 12.1 Å². The monoisotopic (exact) mass is 292 g/mol. The Morgan fingerprint density at radius 2 is 2.19 bits per heavy atom. The molecule has 0 aliphatic carbocycles. The zero-order valence-corrected chi connectivity index (χ0v) is 12.8. The number of aromatic nitrogens is 2. The van der Waals surface area contributed by atoms with Crippen LogP contribution in [0, 0.1) is 0 Å². The first-order valence-corrected chi connectivity index (χ1v) is 7.72. The van der Waals surface area contributed by atoms with E-state index in [9.17, 15) is 4.79 Å². The van der Waals surface area contributed by atoms with Gasteiger partial charge < -0.3 is 15.0 Å². The van der Waals surface area contributed by atoms with Gasteiger partial charge in [-0.2, -0.15) is 5.10 Å². The molecule has 0 unspecified atom stereocenters. The fourth-order valence-corrected chi connectivity index (χ4v) is 3.47. The normalized spacial score (nSPS) is 27.2. The van der Waals surface area contributed by atoms with Gasteiger partial charge in [-0.05, 0) is 25.3 Å². The Bertz CT molecular complexity index is 494. The molecule has 0 radical (unpaired) electrons. The van der Waals surface area contributed by atoms with Crippen molar-refractivity contribution in [3.8, 4) is 0 Å². The minimum atomic E-state index is -0.0665. The minimum Gasteiger partial charge on any atom is -0.380 e. The van der Waals surface area contributed by atoms with Gasteiger partial charge in [0.15, 0.2) is 0 Å². The molecule has 0 aromatic carbocycles. The number of likely N-dealkylation sites (tertiary alicyclic amines) is 1. The summed E-state index contributed by atoms with van der Waals surface area (Å²) in [4.78, 5) is 14.5. The quantitative estimate of drug-likeness (QED) is 0.881. The highest BCUT2D eigenvalue weighted by Gasteiger charge is 2.34. The molecule has 2 fully saturated rings. The number of methoxy groups -OCH3 is 1. The van der Waals surface area contributed by atoms with Gasteiger partial charge in [0.1, 0.15) is 0 Å². The Kier molecular flexibility index (Phi) is 4.26. The number of aryl methyl sites for hydroxylation is 1. The predicted octanol–water partition coefficient (Wildman–Crippen LogP) is 0.503. The Hall–Kier alpha value is -1.40. The average molecular weight is 292 g/mol. The molecule has 1 aromatic heterocycles. The van der Waals surface area contributed by atoms with Crippen molar-refractivity contribution < 1.29 is 9.53 Å². The van der Waals surface area contributed by atoms with Gasteiger partial charge in [-0.15, -0.1) is 0 Å². The number of hydrogen-bond acceptors (Lipinski definition) is 4. The van der Waals surface area contributed by atoms with Gasteiger partial charge in [0, 0.05) is 51.6 Å². The van der Waals surface area contributed by atoms with Crippen LogP contribution in [0.3, 0.4) is 0 Å². The van der Waals surface area contributed by atoms with E-state index in [1.54, 1.807) is 7.11 Å². The maximum absolute atomic E-state index is 12.5. The Balaban J connectivity index is 1.54. The third-order valence-corrected chi connectivity index (χ3v) is 4.81. The lowest BCUT2D eigenvalue weighted by atomic mass is 9.93. The maximum atomic E-state index is 12.5. The van der Waals surface area contributed by atoms with Crippen LogP contribution in [0.2, 0.25) is 0 Å². The lowest BCUT2D eigenvalue weighted by Crippen LogP contribution is -2.46. The summed E-state index contributed by atoms with van der Waals surface area (Å²) in [6.45, 7) is 2.45. The van der Waals surface area contributed by atoms with E-state index in [4.69, 9.17) is 4.74 Å². The smallest absolute Gasteiger partial charge is 0.239 e. The molecule has 2 atom stereocenters. The van der Waals surface area contributed by atoms with Gasteiger partial charge >= 0.3 is 0 Å². The van der Waals surface area contributed by atoms with E-state index in [1.165, 1.54) is 5.69 Å². The van der Waals surface area contributed by atoms with Crippen LogP contribution in [0.5, 0.6) is 0 Å². The van der Waals surface area contributed by atoms with E-state index in [1.807, 2.05) is 22.8 Å². The Morgan fingerprint density at radius 3 is 2.76 bits per heavy atom. The first-order valence-electron chi connectivity index (χ1n) is 7.72. The summed E-state index contributed by atoms with van der Waals surface area (Å²) in [5.74, 6) is 0.753. The van der Waals surface area contributed by atoms with E-state index in [0.29, 0.717) is 5.92 Å². The highest BCUT2D eigenvalue weighted by molar-refractivity contribution is 5.82. The first-order chi connectivity index (χ1) is 10.2. The maximum Gasteiger partial charge on any atom is 0.239 e. The highest BCUT2D eigenvalue weighted by atomic mass is 16.5. The van der Waals surface area contributed by atoms with E-state index in [-0.39, 0.29) is 18.1 Å². The van der Waals surface area contributed by atoms with Crippen molar-refractivity contribution in [2.75, 3.05) is 26.7 Å². The van der Waals surface area contributed by atoms with E-state index >= 15 is 0 Å². The molecule has 0 saturated carbocycles. The molecule has 2 aliphatic rings. The molecular formula is C15H24N4O2. The van der Waals surface area contributed by atoms with E-state index in [0.717, 1.165) is 38.9 Å². The topological polar surface area (TPSA) is 59.4 Å². The minimum absolute atomic E-state index is 0.0665. The molecule has 1 aromatic rings.